The Bertz CT molecular complexity index is 362. The predicted molar refractivity (Wildman–Crippen MR) is 85.4 cm³/mol. The molecule has 1 nitrogen and oxygen atoms in total. The Morgan fingerprint density at radius 1 is 0.789 bits per heavy atom. The molecule has 0 unspecified atom stereocenters. The molecule has 19 heavy (non-hydrogen) atoms. The van der Waals surface area contributed by atoms with Gasteiger partial charge < -0.3 is 5.32 Å². The average Bonchev–Trinajstić information content (AvgIpc) is 2.23. The second-order valence-corrected chi connectivity index (χ2v) is 8.04. The van der Waals surface area contributed by atoms with E-state index in [0.29, 0.717) is 10.8 Å². The molecule has 0 heterocycles. The summed E-state index contributed by atoms with van der Waals surface area (Å²) < 4.78 is 0. The summed E-state index contributed by atoms with van der Waals surface area (Å²) in [5, 5.41) is 3.53. The zero-order valence-electron chi connectivity index (χ0n) is 13.6. The first-order valence-corrected chi connectivity index (χ1v) is 7.44. The summed E-state index contributed by atoms with van der Waals surface area (Å²) in [7, 11) is 0. The van der Waals surface area contributed by atoms with Gasteiger partial charge in [0.2, 0.25) is 0 Å². The Hall–Kier alpha value is -0.820. The smallest absolute Gasteiger partial charge is 0.0205 e. The van der Waals surface area contributed by atoms with E-state index in [2.05, 4.69) is 71.1 Å². The highest BCUT2D eigenvalue weighted by atomic mass is 14.8. The van der Waals surface area contributed by atoms with E-state index in [1.54, 1.807) is 0 Å². The normalized spacial score (nSPS) is 12.7. The molecule has 1 heteroatoms. The van der Waals surface area contributed by atoms with E-state index in [4.69, 9.17) is 0 Å². The first-order chi connectivity index (χ1) is 8.66. The predicted octanol–water partition coefficient (Wildman–Crippen LogP) is 4.80. The van der Waals surface area contributed by atoms with E-state index >= 15 is 0 Å². The molecule has 1 aromatic carbocycles. The number of nitrogens with one attached hydrogen (secondary N) is 1. The number of hydrogen-bond donors (Lipinski definition) is 1. The van der Waals surface area contributed by atoms with Gasteiger partial charge in [0.1, 0.15) is 0 Å². The molecular formula is C18H31N. The van der Waals surface area contributed by atoms with Gasteiger partial charge in [0.05, 0.1) is 0 Å². The maximum absolute atomic E-state index is 3.53. The van der Waals surface area contributed by atoms with Crippen LogP contribution in [0.2, 0.25) is 0 Å². The van der Waals surface area contributed by atoms with Gasteiger partial charge in [-0.2, -0.15) is 0 Å². The van der Waals surface area contributed by atoms with Crippen molar-refractivity contribution in [2.45, 2.75) is 60.9 Å². The summed E-state index contributed by atoms with van der Waals surface area (Å²) in [4.78, 5) is 0. The summed E-state index contributed by atoms with van der Waals surface area (Å²) in [5.41, 5.74) is 3.60. The van der Waals surface area contributed by atoms with E-state index in [0.717, 1.165) is 19.5 Å². The second-order valence-electron chi connectivity index (χ2n) is 8.04. The number of benzene rings is 1. The monoisotopic (exact) mass is 261 g/mol. The second kappa shape index (κ2) is 6.56. The van der Waals surface area contributed by atoms with E-state index in [1.807, 2.05) is 0 Å². The molecular weight excluding hydrogens is 230 g/mol. The van der Waals surface area contributed by atoms with Crippen molar-refractivity contribution < 1.29 is 0 Å². The molecule has 0 radical (unpaired) electrons. The molecule has 0 atom stereocenters. The first kappa shape index (κ1) is 16.2. The van der Waals surface area contributed by atoms with Crippen LogP contribution in [0, 0.1) is 10.8 Å². The molecule has 0 aliphatic carbocycles. The van der Waals surface area contributed by atoms with Crippen molar-refractivity contribution >= 4 is 0 Å². The molecule has 0 aliphatic rings. The van der Waals surface area contributed by atoms with Gasteiger partial charge in [0.25, 0.3) is 0 Å². The largest absolute Gasteiger partial charge is 0.313 e. The van der Waals surface area contributed by atoms with E-state index in [1.165, 1.54) is 17.5 Å². The Morgan fingerprint density at radius 2 is 1.32 bits per heavy atom. The Labute approximate surface area is 119 Å². The molecule has 1 N–H and O–H groups in total. The zero-order valence-corrected chi connectivity index (χ0v) is 13.6. The Balaban J connectivity index is 2.36. The van der Waals surface area contributed by atoms with Gasteiger partial charge in [-0.3, -0.25) is 0 Å². The maximum Gasteiger partial charge on any atom is 0.0205 e. The lowest BCUT2D eigenvalue weighted by Crippen LogP contribution is -2.20. The quantitative estimate of drug-likeness (QED) is 0.751. The lowest BCUT2D eigenvalue weighted by molar-refractivity contribution is 0.366. The van der Waals surface area contributed by atoms with Gasteiger partial charge in [-0.15, -0.1) is 0 Å². The van der Waals surface area contributed by atoms with Gasteiger partial charge in [0.15, 0.2) is 0 Å². The van der Waals surface area contributed by atoms with Crippen LogP contribution in [0.15, 0.2) is 24.3 Å². The van der Waals surface area contributed by atoms with Crippen LogP contribution in [0.3, 0.4) is 0 Å². The Morgan fingerprint density at radius 3 is 1.79 bits per heavy atom. The molecule has 0 fully saturated rings. The van der Waals surface area contributed by atoms with Crippen molar-refractivity contribution in [3.05, 3.63) is 35.4 Å². The van der Waals surface area contributed by atoms with Crippen LogP contribution in [0.4, 0.5) is 0 Å². The van der Waals surface area contributed by atoms with Crippen LogP contribution in [0.5, 0.6) is 0 Å². The summed E-state index contributed by atoms with van der Waals surface area (Å²) in [5.74, 6) is 0. The van der Waals surface area contributed by atoms with Crippen molar-refractivity contribution in [1.29, 1.82) is 0 Å². The van der Waals surface area contributed by atoms with Gasteiger partial charge in [0, 0.05) is 6.54 Å². The topological polar surface area (TPSA) is 12.0 Å². The third kappa shape index (κ3) is 8.05. The van der Waals surface area contributed by atoms with Crippen molar-refractivity contribution in [3.63, 3.8) is 0 Å². The molecule has 0 saturated carbocycles. The fraction of sp³-hybridized carbons (Fsp3) is 0.667. The molecule has 1 rings (SSSR count). The van der Waals surface area contributed by atoms with E-state index in [-0.39, 0.29) is 0 Å². The van der Waals surface area contributed by atoms with Crippen LogP contribution in [0.1, 0.15) is 59.1 Å². The SMILES string of the molecule is CC(C)(C)CCNCc1ccc(CC(C)(C)C)cc1. The fourth-order valence-electron chi connectivity index (χ4n) is 2.08. The lowest BCUT2D eigenvalue weighted by Gasteiger charge is -2.19. The lowest BCUT2D eigenvalue weighted by atomic mass is 9.88. The van der Waals surface area contributed by atoms with Gasteiger partial charge in [-0.05, 0) is 41.3 Å². The van der Waals surface area contributed by atoms with Crippen LogP contribution in [-0.4, -0.2) is 6.54 Å². The van der Waals surface area contributed by atoms with E-state index < -0.39 is 0 Å². The first-order valence-electron chi connectivity index (χ1n) is 7.44. The van der Waals surface area contributed by atoms with Crippen LogP contribution < -0.4 is 5.32 Å². The molecule has 0 aliphatic heterocycles. The minimum Gasteiger partial charge on any atom is -0.313 e. The minimum absolute atomic E-state index is 0.368. The fourth-order valence-corrected chi connectivity index (χ4v) is 2.08. The van der Waals surface area contributed by atoms with Crippen molar-refractivity contribution in [3.8, 4) is 0 Å². The van der Waals surface area contributed by atoms with Crippen molar-refractivity contribution in [2.24, 2.45) is 10.8 Å². The summed E-state index contributed by atoms with van der Waals surface area (Å²) in [6, 6.07) is 9.05. The molecule has 0 aromatic heterocycles. The summed E-state index contributed by atoms with van der Waals surface area (Å²) in [6.07, 6.45) is 2.36. The molecule has 0 spiro atoms. The zero-order chi connectivity index (χ0) is 14.5. The average molecular weight is 261 g/mol. The van der Waals surface area contributed by atoms with Crippen LogP contribution >= 0.6 is 0 Å². The summed E-state index contributed by atoms with van der Waals surface area (Å²) in [6.45, 7) is 15.8. The standard InChI is InChI=1S/C18H31N/c1-17(2,3)11-12-19-14-16-9-7-15(8-10-16)13-18(4,5)6/h7-10,19H,11-14H2,1-6H3. The third-order valence-electron chi connectivity index (χ3n) is 3.14. The summed E-state index contributed by atoms with van der Waals surface area (Å²) >= 11 is 0. The molecule has 1 aromatic rings. The highest BCUT2D eigenvalue weighted by molar-refractivity contribution is 5.23. The highest BCUT2D eigenvalue weighted by Crippen LogP contribution is 2.20. The van der Waals surface area contributed by atoms with Gasteiger partial charge >= 0.3 is 0 Å². The molecule has 0 amide bonds. The molecule has 108 valence electrons. The van der Waals surface area contributed by atoms with Crippen LogP contribution in [0.25, 0.3) is 0 Å². The Kier molecular flexibility index (Phi) is 5.61. The van der Waals surface area contributed by atoms with Crippen molar-refractivity contribution in [1.82, 2.24) is 5.32 Å². The van der Waals surface area contributed by atoms with Gasteiger partial charge in [-0.1, -0.05) is 65.8 Å². The minimum atomic E-state index is 0.368. The highest BCUT2D eigenvalue weighted by Gasteiger charge is 2.11. The number of rotatable bonds is 5. The van der Waals surface area contributed by atoms with Crippen molar-refractivity contribution in [2.75, 3.05) is 6.54 Å². The molecule has 0 bridgehead atoms. The van der Waals surface area contributed by atoms with Gasteiger partial charge in [-0.25, -0.2) is 0 Å². The molecule has 0 saturated heterocycles. The maximum atomic E-state index is 3.53. The van der Waals surface area contributed by atoms with Crippen LogP contribution in [-0.2, 0) is 13.0 Å². The van der Waals surface area contributed by atoms with E-state index in [9.17, 15) is 0 Å². The number of hydrogen-bond acceptors (Lipinski definition) is 1. The third-order valence-corrected chi connectivity index (χ3v) is 3.14.